The van der Waals surface area contributed by atoms with Crippen molar-refractivity contribution in [2.24, 2.45) is 5.92 Å². The molecule has 6 rings (SSSR count). The Bertz CT molecular complexity index is 2210. The average Bonchev–Trinajstić information content (AvgIpc) is 3.73. The lowest BCUT2D eigenvalue weighted by atomic mass is 10.0. The average molecular weight is 850 g/mol. The Morgan fingerprint density at radius 3 is 2.40 bits per heavy atom. The monoisotopic (exact) mass is 849 g/mol. The van der Waals surface area contributed by atoms with Gasteiger partial charge in [-0.25, -0.2) is 18.3 Å². The van der Waals surface area contributed by atoms with E-state index in [1.165, 1.54) is 32.3 Å². The molecule has 0 amide bonds. The highest BCUT2D eigenvalue weighted by atomic mass is 35.5. The molecule has 0 saturated carbocycles. The van der Waals surface area contributed by atoms with E-state index in [1.54, 1.807) is 66.7 Å². The second kappa shape index (κ2) is 19.6. The van der Waals surface area contributed by atoms with Crippen LogP contribution in [0, 0.1) is 5.92 Å². The fraction of sp³-hybridized carbons (Fsp3) is 0.405. The summed E-state index contributed by atoms with van der Waals surface area (Å²) in [6, 6.07) is 18.9. The number of aromatic nitrogens is 4. The molecule has 2 aromatic heterocycles. The number of nitrogen functional groups attached to an aromatic ring is 1. The van der Waals surface area contributed by atoms with Crippen molar-refractivity contribution in [1.29, 1.82) is 0 Å². The van der Waals surface area contributed by atoms with Gasteiger partial charge in [0.1, 0.15) is 36.1 Å². The molecule has 16 nitrogen and oxygen atoms in total. The first-order valence-electron chi connectivity index (χ1n) is 18.2. The summed E-state index contributed by atoms with van der Waals surface area (Å²) >= 11 is 5.88. The Labute approximate surface area is 334 Å². The second-order valence-corrected chi connectivity index (χ2v) is 16.7. The molecule has 1 aliphatic heterocycles. The van der Waals surface area contributed by atoms with Gasteiger partial charge >= 0.3 is 13.7 Å². The van der Waals surface area contributed by atoms with Crippen molar-refractivity contribution in [3.05, 3.63) is 90.0 Å². The van der Waals surface area contributed by atoms with Gasteiger partial charge in [-0.3, -0.25) is 13.9 Å². The van der Waals surface area contributed by atoms with Crippen LogP contribution in [-0.4, -0.2) is 61.6 Å². The molecule has 1 saturated heterocycles. The first-order valence-corrected chi connectivity index (χ1v) is 21.6. The van der Waals surface area contributed by atoms with Gasteiger partial charge in [-0.1, -0.05) is 107 Å². The normalized spacial score (nSPS) is 20.7. The number of esters is 1. The van der Waals surface area contributed by atoms with Crippen molar-refractivity contribution >= 4 is 60.9 Å². The summed E-state index contributed by atoms with van der Waals surface area (Å²) in [7, 11) is -10.7. The summed E-state index contributed by atoms with van der Waals surface area (Å²) in [5.74, 6) is -0.0400. The van der Waals surface area contributed by atoms with Gasteiger partial charge in [0.15, 0.2) is 23.9 Å². The number of halogens is 2. The number of nitrogens with two attached hydrogens (primary N) is 1. The van der Waals surface area contributed by atoms with Crippen molar-refractivity contribution in [3.8, 4) is 5.75 Å². The Balaban J connectivity index is 0.000000811. The van der Waals surface area contributed by atoms with Crippen LogP contribution in [0.3, 0.4) is 0 Å². The summed E-state index contributed by atoms with van der Waals surface area (Å²) in [5.41, 5.74) is 6.56. The number of fused-ring (bicyclic) bond motifs is 2. The summed E-state index contributed by atoms with van der Waals surface area (Å²) < 4.78 is 70.1. The standard InChI is InChI=1S/C30H30ClFN6O10P2.C7H16/c1-17(29(40)44-14-18-8-3-2-4-9-18)37-49(41,47-21-13-7-11-19-10-5-6-12-20(19)21)48-50(42,43)45-15-22-25(39)23(32)28(46-22)38-16-34-24-26(33)35-30(31)36-27(24)38;1-4-7(5-2)6-3/h2-13,16-17,22-23,25,28,39H,14-15H2,1H3,(H,37,41)(H,42,43)(H2,33,35,36);7H,4-6H2,1-3H3/p-1/t17-,22+,23?,25-,28+,49?;/m0./s1. The molecular formula is C37H45ClFN6O10P2-. The van der Waals surface area contributed by atoms with Crippen molar-refractivity contribution < 1.29 is 51.1 Å². The molecule has 3 unspecified atom stereocenters. The van der Waals surface area contributed by atoms with Gasteiger partial charge in [-0.05, 0) is 41.5 Å². The van der Waals surface area contributed by atoms with Crippen LogP contribution in [-0.2, 0) is 38.8 Å². The third kappa shape index (κ3) is 11.3. The van der Waals surface area contributed by atoms with Crippen molar-refractivity contribution in [2.45, 2.75) is 84.2 Å². The van der Waals surface area contributed by atoms with Crippen LogP contribution >= 0.6 is 27.2 Å². The smallest absolute Gasteiger partial charge is 0.465 e. The largest absolute Gasteiger partial charge is 0.756 e. The maximum absolute atomic E-state index is 15.3. The second-order valence-electron chi connectivity index (χ2n) is 13.1. The van der Waals surface area contributed by atoms with Gasteiger partial charge in [0.2, 0.25) is 5.28 Å². The fourth-order valence-electron chi connectivity index (χ4n) is 5.96. The maximum atomic E-state index is 15.3. The number of nitrogens with zero attached hydrogens (tertiary/aromatic N) is 4. The zero-order chi connectivity index (χ0) is 41.3. The number of aliphatic hydroxyl groups is 1. The highest BCUT2D eigenvalue weighted by Crippen LogP contribution is 2.59. The number of aliphatic hydroxyl groups excluding tert-OH is 1. The van der Waals surface area contributed by atoms with Gasteiger partial charge in [-0.15, -0.1) is 0 Å². The number of benzene rings is 3. The molecule has 20 heteroatoms. The van der Waals surface area contributed by atoms with Crippen molar-refractivity contribution in [2.75, 3.05) is 12.3 Å². The zero-order valence-electron chi connectivity index (χ0n) is 31.6. The molecule has 0 aliphatic carbocycles. The number of carbonyl (C=O) groups excluding carboxylic acids is 1. The number of ether oxygens (including phenoxy) is 2. The van der Waals surface area contributed by atoms with Gasteiger partial charge in [0, 0.05) is 5.39 Å². The molecule has 4 N–H and O–H groups in total. The number of phosphoric acid groups is 1. The minimum atomic E-state index is -5.63. The van der Waals surface area contributed by atoms with E-state index in [2.05, 4.69) is 40.8 Å². The zero-order valence-corrected chi connectivity index (χ0v) is 34.2. The summed E-state index contributed by atoms with van der Waals surface area (Å²) in [6.45, 7) is 6.95. The Kier molecular flexibility index (Phi) is 15.2. The molecular weight excluding hydrogens is 805 g/mol. The third-order valence-corrected chi connectivity index (χ3v) is 12.7. The summed E-state index contributed by atoms with van der Waals surface area (Å²) in [5, 5.41) is 13.7. The van der Waals surface area contributed by atoms with Gasteiger partial charge in [0.05, 0.1) is 12.9 Å². The summed E-state index contributed by atoms with van der Waals surface area (Å²) in [4.78, 5) is 37.8. The lowest BCUT2D eigenvalue weighted by Gasteiger charge is -2.30. The van der Waals surface area contributed by atoms with Gasteiger partial charge in [0.25, 0.3) is 7.82 Å². The van der Waals surface area contributed by atoms with Gasteiger partial charge in [-0.2, -0.15) is 15.1 Å². The first-order chi connectivity index (χ1) is 27.2. The van der Waals surface area contributed by atoms with E-state index in [9.17, 15) is 23.9 Å². The number of imidazole rings is 1. The van der Waals surface area contributed by atoms with E-state index >= 15 is 4.39 Å². The molecule has 5 aromatic rings. The number of alkyl halides is 1. The van der Waals surface area contributed by atoms with E-state index < -0.39 is 58.8 Å². The lowest BCUT2D eigenvalue weighted by molar-refractivity contribution is -0.220. The van der Waals surface area contributed by atoms with Crippen LogP contribution in [0.1, 0.15) is 58.7 Å². The van der Waals surface area contributed by atoms with E-state index in [0.29, 0.717) is 16.3 Å². The number of carbonyl (C=O) groups is 1. The molecule has 0 radical (unpaired) electrons. The molecule has 7 atom stereocenters. The van der Waals surface area contributed by atoms with Crippen LogP contribution in [0.15, 0.2) is 79.1 Å². The number of hydrogen-bond acceptors (Lipinski definition) is 14. The highest BCUT2D eigenvalue weighted by Gasteiger charge is 2.47. The maximum Gasteiger partial charge on any atom is 0.465 e. The van der Waals surface area contributed by atoms with E-state index in [-0.39, 0.29) is 34.6 Å². The Morgan fingerprint density at radius 2 is 1.72 bits per heavy atom. The van der Waals surface area contributed by atoms with Crippen LogP contribution in [0.25, 0.3) is 21.9 Å². The van der Waals surface area contributed by atoms with Crippen molar-refractivity contribution in [3.63, 3.8) is 0 Å². The summed E-state index contributed by atoms with van der Waals surface area (Å²) in [6.07, 6.45) is -1.94. The fourth-order valence-corrected chi connectivity index (χ4v) is 9.08. The van der Waals surface area contributed by atoms with E-state index in [4.69, 9.17) is 40.2 Å². The quantitative estimate of drug-likeness (QED) is 0.0514. The van der Waals surface area contributed by atoms with Crippen LogP contribution in [0.2, 0.25) is 5.28 Å². The third-order valence-electron chi connectivity index (χ3n) is 9.22. The number of nitrogens with one attached hydrogen (secondary N) is 1. The minimum Gasteiger partial charge on any atom is -0.756 e. The lowest BCUT2D eigenvalue weighted by Crippen LogP contribution is -2.35. The Morgan fingerprint density at radius 1 is 1.05 bits per heavy atom. The van der Waals surface area contributed by atoms with E-state index in [0.717, 1.165) is 16.8 Å². The van der Waals surface area contributed by atoms with Crippen LogP contribution < -0.4 is 20.2 Å². The molecule has 3 aromatic carbocycles. The molecule has 3 heterocycles. The molecule has 0 bridgehead atoms. The van der Waals surface area contributed by atoms with Crippen LogP contribution in [0.5, 0.6) is 5.75 Å². The number of anilines is 1. The Hall–Kier alpha value is -4.02. The first kappa shape index (κ1) is 44.1. The predicted octanol–water partition coefficient (Wildman–Crippen LogP) is 7.05. The molecule has 0 spiro atoms. The molecule has 1 fully saturated rings. The van der Waals surface area contributed by atoms with Crippen molar-refractivity contribution in [1.82, 2.24) is 24.6 Å². The molecule has 57 heavy (non-hydrogen) atoms. The number of phosphoric ester groups is 1. The number of hydrogen-bond donors (Lipinski definition) is 3. The van der Waals surface area contributed by atoms with E-state index in [1.807, 2.05) is 0 Å². The van der Waals surface area contributed by atoms with Crippen LogP contribution in [0.4, 0.5) is 10.2 Å². The number of rotatable bonds is 16. The minimum absolute atomic E-state index is 0.00393. The highest BCUT2D eigenvalue weighted by molar-refractivity contribution is 7.63. The predicted molar refractivity (Wildman–Crippen MR) is 210 cm³/mol. The molecule has 308 valence electrons. The van der Waals surface area contributed by atoms with Gasteiger partial charge < -0.3 is 34.3 Å². The molecule has 1 aliphatic rings. The topological polar surface area (TPSA) is 222 Å². The SMILES string of the molecule is CCC(CC)CC.C[C@H](NP(=O)(Oc1cccc2ccccc12)OP(=O)([O-])OC[C@H]1O[C@@H](n2cnc3c(N)nc(Cl)nc32)C(F)[C@H]1O)C(=O)OCc1ccccc1.